The third kappa shape index (κ3) is 4.88. The lowest BCUT2D eigenvalue weighted by Crippen LogP contribution is -2.20. The van der Waals surface area contributed by atoms with Crippen LogP contribution >= 0.6 is 0 Å². The first-order chi connectivity index (χ1) is 13.3. The van der Waals surface area contributed by atoms with Gasteiger partial charge in [0.2, 0.25) is 5.88 Å². The average Bonchev–Trinajstić information content (AvgIpc) is 2.65. The monoisotopic (exact) mass is 375 g/mol. The van der Waals surface area contributed by atoms with E-state index >= 15 is 0 Å². The van der Waals surface area contributed by atoms with Crippen LogP contribution in [0.2, 0.25) is 0 Å². The number of pyridine rings is 1. The number of urea groups is 1. The van der Waals surface area contributed by atoms with E-state index in [0.29, 0.717) is 17.3 Å². The van der Waals surface area contributed by atoms with E-state index in [1.807, 2.05) is 55.5 Å². The summed E-state index contributed by atoms with van der Waals surface area (Å²) in [5, 5.41) is 5.63. The second kappa shape index (κ2) is 8.13. The quantitative estimate of drug-likeness (QED) is 0.577. The fourth-order valence-electron chi connectivity index (χ4n) is 2.77. The van der Waals surface area contributed by atoms with Gasteiger partial charge in [0, 0.05) is 17.4 Å². The van der Waals surface area contributed by atoms with Crippen molar-refractivity contribution in [3.8, 4) is 11.6 Å². The molecule has 2 aromatic carbocycles. The molecule has 0 bridgehead atoms. The van der Waals surface area contributed by atoms with Crippen molar-refractivity contribution in [1.29, 1.82) is 0 Å². The molecule has 144 valence electrons. The molecular weight excluding hydrogens is 350 g/mol. The number of hydrogen-bond donors (Lipinski definition) is 2. The topological polar surface area (TPSA) is 63.2 Å². The number of aryl methyl sites for hydroxylation is 1. The molecule has 0 saturated carbocycles. The van der Waals surface area contributed by atoms with E-state index in [2.05, 4.69) is 36.4 Å². The van der Waals surface area contributed by atoms with E-state index < -0.39 is 0 Å². The summed E-state index contributed by atoms with van der Waals surface area (Å²) in [5.74, 6) is 1.06. The third-order valence-corrected chi connectivity index (χ3v) is 4.23. The van der Waals surface area contributed by atoms with E-state index in [-0.39, 0.29) is 11.4 Å². The molecule has 0 radical (unpaired) electrons. The van der Waals surface area contributed by atoms with Crippen molar-refractivity contribution in [2.24, 2.45) is 0 Å². The van der Waals surface area contributed by atoms with Crippen LogP contribution in [-0.4, -0.2) is 11.0 Å². The van der Waals surface area contributed by atoms with Gasteiger partial charge in [-0.25, -0.2) is 9.78 Å². The molecule has 3 rings (SSSR count). The summed E-state index contributed by atoms with van der Waals surface area (Å²) in [6, 6.07) is 18.6. The molecule has 2 amide bonds. The van der Waals surface area contributed by atoms with Crippen LogP contribution in [0.5, 0.6) is 11.6 Å². The van der Waals surface area contributed by atoms with Gasteiger partial charge in [0.05, 0.1) is 0 Å². The summed E-state index contributed by atoms with van der Waals surface area (Å²) in [4.78, 5) is 16.7. The molecule has 0 aliphatic heterocycles. The Balaban J connectivity index is 1.79. The normalized spacial score (nSPS) is 11.0. The molecule has 0 spiro atoms. The lowest BCUT2D eigenvalue weighted by Gasteiger charge is -2.22. The van der Waals surface area contributed by atoms with E-state index in [1.165, 1.54) is 0 Å². The van der Waals surface area contributed by atoms with Crippen molar-refractivity contribution in [3.05, 3.63) is 78.0 Å². The standard InChI is InChI=1S/C23H25N3O2/c1-16-11-13-17(14-12-16)25-22(27)26-19-9-7-15-24-21(19)28-20-10-6-5-8-18(20)23(2,3)4/h5-15H,1-4H3,(H2,25,26,27). The lowest BCUT2D eigenvalue weighted by atomic mass is 9.86. The van der Waals surface area contributed by atoms with Crippen molar-refractivity contribution in [1.82, 2.24) is 4.98 Å². The highest BCUT2D eigenvalue weighted by atomic mass is 16.5. The van der Waals surface area contributed by atoms with Gasteiger partial charge in [-0.05, 0) is 42.7 Å². The van der Waals surface area contributed by atoms with Crippen molar-refractivity contribution in [3.63, 3.8) is 0 Å². The number of amides is 2. The number of ether oxygens (including phenoxy) is 1. The molecule has 0 unspecified atom stereocenters. The molecule has 0 fully saturated rings. The van der Waals surface area contributed by atoms with Crippen molar-refractivity contribution < 1.29 is 9.53 Å². The minimum atomic E-state index is -0.356. The molecule has 1 aromatic heterocycles. The zero-order chi connectivity index (χ0) is 20.1. The van der Waals surface area contributed by atoms with Gasteiger partial charge in [-0.1, -0.05) is 56.7 Å². The Morgan fingerprint density at radius 2 is 1.64 bits per heavy atom. The predicted octanol–water partition coefficient (Wildman–Crippen LogP) is 6.12. The van der Waals surface area contributed by atoms with E-state index in [0.717, 1.165) is 16.9 Å². The molecule has 5 heteroatoms. The minimum Gasteiger partial charge on any atom is -0.437 e. The number of nitrogens with one attached hydrogen (secondary N) is 2. The maximum absolute atomic E-state index is 12.4. The minimum absolute atomic E-state index is 0.0816. The van der Waals surface area contributed by atoms with Crippen LogP contribution in [0.1, 0.15) is 31.9 Å². The Hall–Kier alpha value is -3.34. The summed E-state index contributed by atoms with van der Waals surface area (Å²) >= 11 is 0. The number of carbonyl (C=O) groups excluding carboxylic acids is 1. The fourth-order valence-corrected chi connectivity index (χ4v) is 2.77. The number of hydrogen-bond acceptors (Lipinski definition) is 3. The van der Waals surface area contributed by atoms with Gasteiger partial charge in [-0.2, -0.15) is 0 Å². The largest absolute Gasteiger partial charge is 0.437 e. The van der Waals surface area contributed by atoms with E-state index in [1.54, 1.807) is 18.3 Å². The molecule has 1 heterocycles. The SMILES string of the molecule is Cc1ccc(NC(=O)Nc2cccnc2Oc2ccccc2C(C)(C)C)cc1. The summed E-state index contributed by atoms with van der Waals surface area (Å²) in [6.07, 6.45) is 1.64. The molecule has 28 heavy (non-hydrogen) atoms. The van der Waals surface area contributed by atoms with Gasteiger partial charge in [0.1, 0.15) is 11.4 Å². The van der Waals surface area contributed by atoms with Crippen molar-refractivity contribution >= 4 is 17.4 Å². The Kier molecular flexibility index (Phi) is 5.64. The summed E-state index contributed by atoms with van der Waals surface area (Å²) in [6.45, 7) is 8.38. The van der Waals surface area contributed by atoms with Gasteiger partial charge >= 0.3 is 6.03 Å². The second-order valence-corrected chi connectivity index (χ2v) is 7.65. The van der Waals surface area contributed by atoms with Crippen LogP contribution in [0.15, 0.2) is 66.9 Å². The molecule has 0 atom stereocenters. The Morgan fingerprint density at radius 3 is 2.36 bits per heavy atom. The second-order valence-electron chi connectivity index (χ2n) is 7.65. The maximum Gasteiger partial charge on any atom is 0.323 e. The number of anilines is 2. The summed E-state index contributed by atoms with van der Waals surface area (Å²) in [5.41, 5.74) is 3.33. The first kappa shape index (κ1) is 19.4. The zero-order valence-electron chi connectivity index (χ0n) is 16.6. The number of benzene rings is 2. The van der Waals surface area contributed by atoms with E-state index in [9.17, 15) is 4.79 Å². The van der Waals surface area contributed by atoms with Gasteiger partial charge in [0.15, 0.2) is 0 Å². The first-order valence-electron chi connectivity index (χ1n) is 9.20. The number of nitrogens with zero attached hydrogens (tertiary/aromatic N) is 1. The van der Waals surface area contributed by atoms with Gasteiger partial charge < -0.3 is 15.4 Å². The van der Waals surface area contributed by atoms with Gasteiger partial charge in [-0.3, -0.25) is 0 Å². The fraction of sp³-hybridized carbons (Fsp3) is 0.217. The number of rotatable bonds is 4. The molecular formula is C23H25N3O2. The molecule has 0 aliphatic carbocycles. The molecule has 2 N–H and O–H groups in total. The first-order valence-corrected chi connectivity index (χ1v) is 9.20. The Labute approximate surface area is 165 Å². The van der Waals surface area contributed by atoms with Crippen LogP contribution in [0, 0.1) is 6.92 Å². The number of carbonyl (C=O) groups is 1. The molecule has 0 aliphatic rings. The van der Waals surface area contributed by atoms with Crippen molar-refractivity contribution in [2.75, 3.05) is 10.6 Å². The average molecular weight is 375 g/mol. The molecule has 3 aromatic rings. The van der Waals surface area contributed by atoms with Crippen LogP contribution in [-0.2, 0) is 5.41 Å². The molecule has 0 saturated heterocycles. The zero-order valence-corrected chi connectivity index (χ0v) is 16.6. The van der Waals surface area contributed by atoms with E-state index in [4.69, 9.17) is 4.74 Å². The summed E-state index contributed by atoms with van der Waals surface area (Å²) < 4.78 is 6.08. The van der Waals surface area contributed by atoms with Crippen LogP contribution in [0.3, 0.4) is 0 Å². The van der Waals surface area contributed by atoms with Gasteiger partial charge in [0.25, 0.3) is 0 Å². The number of para-hydroxylation sites is 1. The maximum atomic E-state index is 12.4. The highest BCUT2D eigenvalue weighted by Gasteiger charge is 2.20. The highest BCUT2D eigenvalue weighted by Crippen LogP contribution is 2.35. The van der Waals surface area contributed by atoms with Crippen LogP contribution in [0.25, 0.3) is 0 Å². The van der Waals surface area contributed by atoms with Crippen LogP contribution in [0.4, 0.5) is 16.2 Å². The number of aromatic nitrogens is 1. The Bertz CT molecular complexity index is 960. The van der Waals surface area contributed by atoms with Crippen molar-refractivity contribution in [2.45, 2.75) is 33.1 Å². The van der Waals surface area contributed by atoms with Gasteiger partial charge in [-0.15, -0.1) is 0 Å². The lowest BCUT2D eigenvalue weighted by molar-refractivity contribution is 0.262. The Morgan fingerprint density at radius 1 is 0.929 bits per heavy atom. The smallest absolute Gasteiger partial charge is 0.323 e. The summed E-state index contributed by atoms with van der Waals surface area (Å²) in [7, 11) is 0. The third-order valence-electron chi connectivity index (χ3n) is 4.23. The molecule has 5 nitrogen and oxygen atoms in total. The predicted molar refractivity (Wildman–Crippen MR) is 113 cm³/mol. The highest BCUT2D eigenvalue weighted by molar-refractivity contribution is 6.00. The van der Waals surface area contributed by atoms with Crippen LogP contribution < -0.4 is 15.4 Å².